The lowest BCUT2D eigenvalue weighted by Crippen LogP contribution is -2.12. The molecule has 0 saturated heterocycles. The zero-order chi connectivity index (χ0) is 31.9. The third-order valence-corrected chi connectivity index (χ3v) is 9.02. The van der Waals surface area contributed by atoms with Crippen LogP contribution in [0, 0.1) is 0 Å². The number of allylic oxidation sites excluding steroid dienone is 1. The van der Waals surface area contributed by atoms with Gasteiger partial charge in [-0.2, -0.15) is 0 Å². The molecule has 2 heterocycles. The van der Waals surface area contributed by atoms with Crippen LogP contribution in [0.5, 0.6) is 0 Å². The topological polar surface area (TPSA) is 26.9 Å². The first kappa shape index (κ1) is 28.3. The molecule has 0 bridgehead atoms. The van der Waals surface area contributed by atoms with Crippen LogP contribution in [0.4, 0.5) is 0 Å². The van der Waals surface area contributed by atoms with E-state index in [-0.39, 0.29) is 5.43 Å². The monoisotopic (exact) mass is 604 g/mol. The number of nitrogens with zero attached hydrogens (tertiary/aromatic N) is 2. The van der Waals surface area contributed by atoms with Crippen molar-refractivity contribution in [1.82, 2.24) is 9.13 Å². The van der Waals surface area contributed by atoms with E-state index in [9.17, 15) is 4.79 Å². The van der Waals surface area contributed by atoms with Crippen LogP contribution in [0.3, 0.4) is 0 Å². The van der Waals surface area contributed by atoms with Gasteiger partial charge >= 0.3 is 0 Å². The molecule has 6 aromatic carbocycles. The summed E-state index contributed by atoms with van der Waals surface area (Å²) in [5, 5.41) is 2.35. The van der Waals surface area contributed by atoms with Gasteiger partial charge in [0, 0.05) is 27.7 Å². The molecule has 0 fully saturated rings. The third kappa shape index (κ3) is 4.63. The number of hydrogen-bond donors (Lipinski definition) is 0. The molecule has 0 unspecified atom stereocenters. The van der Waals surface area contributed by atoms with E-state index < -0.39 is 0 Å². The molecule has 0 radical (unpaired) electrons. The second kappa shape index (κ2) is 11.6. The average Bonchev–Trinajstić information content (AvgIpc) is 3.45. The molecule has 0 aliphatic carbocycles. The second-order valence-electron chi connectivity index (χ2n) is 11.7. The highest BCUT2D eigenvalue weighted by atomic mass is 16.1. The molecule has 224 valence electrons. The summed E-state index contributed by atoms with van der Waals surface area (Å²) in [6.07, 6.45) is 6.05. The standard InChI is InChI=1S/C44H32N2O/c1-3-14-39-36(4-2)37-27-28-41-42(43(37)46(39)34-25-23-32(24-26-34)30-15-7-5-8-16-30)44(47)38-21-11-12-22-40(38)45(41)35-20-13-19-33(29-35)31-17-9-6-10-18-31/h3-29H,2H2,1H3/b14-3-. The first-order valence-electron chi connectivity index (χ1n) is 15.9. The van der Waals surface area contributed by atoms with Crippen LogP contribution >= 0.6 is 0 Å². The van der Waals surface area contributed by atoms with Gasteiger partial charge in [-0.3, -0.25) is 4.79 Å². The summed E-state index contributed by atoms with van der Waals surface area (Å²) >= 11 is 0. The van der Waals surface area contributed by atoms with Crippen molar-refractivity contribution in [3.8, 4) is 33.6 Å². The summed E-state index contributed by atoms with van der Waals surface area (Å²) in [7, 11) is 0. The van der Waals surface area contributed by atoms with Crippen LogP contribution in [-0.4, -0.2) is 9.13 Å². The molecular formula is C44H32N2O. The number of hydrogen-bond acceptors (Lipinski definition) is 1. The van der Waals surface area contributed by atoms with Crippen LogP contribution in [0.15, 0.2) is 163 Å². The molecule has 3 nitrogen and oxygen atoms in total. The van der Waals surface area contributed by atoms with Crippen molar-refractivity contribution in [2.24, 2.45) is 0 Å². The van der Waals surface area contributed by atoms with E-state index in [1.807, 2.05) is 55.5 Å². The predicted octanol–water partition coefficient (Wildman–Crippen LogP) is 11.1. The summed E-state index contributed by atoms with van der Waals surface area (Å²) in [5.74, 6) is 0. The number of pyridine rings is 1. The molecule has 0 N–H and O–H groups in total. The van der Waals surface area contributed by atoms with Gasteiger partial charge in [0.2, 0.25) is 0 Å². The fraction of sp³-hybridized carbons (Fsp3) is 0.0227. The first-order chi connectivity index (χ1) is 23.2. The minimum Gasteiger partial charge on any atom is -0.309 e. The van der Waals surface area contributed by atoms with Crippen molar-refractivity contribution in [3.05, 3.63) is 180 Å². The van der Waals surface area contributed by atoms with Crippen molar-refractivity contribution in [1.29, 1.82) is 0 Å². The molecule has 47 heavy (non-hydrogen) atoms. The molecule has 2 aromatic heterocycles. The van der Waals surface area contributed by atoms with Gasteiger partial charge in [-0.15, -0.1) is 0 Å². The van der Waals surface area contributed by atoms with Gasteiger partial charge in [-0.1, -0.05) is 122 Å². The highest BCUT2D eigenvalue weighted by Gasteiger charge is 2.22. The lowest BCUT2D eigenvalue weighted by atomic mass is 10.0. The fourth-order valence-corrected chi connectivity index (χ4v) is 6.92. The molecule has 0 amide bonds. The third-order valence-electron chi connectivity index (χ3n) is 9.02. The molecule has 3 heteroatoms. The van der Waals surface area contributed by atoms with E-state index in [0.717, 1.165) is 66.8 Å². The summed E-state index contributed by atoms with van der Waals surface area (Å²) < 4.78 is 4.46. The average molecular weight is 605 g/mol. The Bertz CT molecular complexity index is 2530. The van der Waals surface area contributed by atoms with Gasteiger partial charge < -0.3 is 9.13 Å². The maximum Gasteiger partial charge on any atom is 0.199 e. The molecular weight excluding hydrogens is 572 g/mol. The minimum atomic E-state index is 0.0129. The Labute approximate surface area is 273 Å². The fourth-order valence-electron chi connectivity index (χ4n) is 6.92. The van der Waals surface area contributed by atoms with Gasteiger partial charge in [0.05, 0.1) is 27.6 Å². The lowest BCUT2D eigenvalue weighted by molar-refractivity contribution is 1.11. The Kier molecular flexibility index (Phi) is 7.00. The number of fused-ring (bicyclic) bond motifs is 4. The Morgan fingerprint density at radius 3 is 1.89 bits per heavy atom. The van der Waals surface area contributed by atoms with E-state index in [1.54, 1.807) is 0 Å². The summed E-state index contributed by atoms with van der Waals surface area (Å²) in [4.78, 5) is 14.7. The Morgan fingerprint density at radius 2 is 1.19 bits per heavy atom. The first-order valence-corrected chi connectivity index (χ1v) is 15.9. The number of benzene rings is 6. The summed E-state index contributed by atoms with van der Waals surface area (Å²) in [6, 6.07) is 50.1. The molecule has 0 aliphatic heterocycles. The van der Waals surface area contributed by atoms with Crippen molar-refractivity contribution in [2.45, 2.75) is 6.92 Å². The van der Waals surface area contributed by atoms with Gasteiger partial charge in [-0.05, 0) is 77.7 Å². The van der Waals surface area contributed by atoms with E-state index >= 15 is 0 Å². The molecule has 0 atom stereocenters. The van der Waals surface area contributed by atoms with Crippen molar-refractivity contribution in [3.63, 3.8) is 0 Å². The van der Waals surface area contributed by atoms with Gasteiger partial charge in [0.15, 0.2) is 5.43 Å². The zero-order valence-electron chi connectivity index (χ0n) is 26.1. The van der Waals surface area contributed by atoms with E-state index in [0.29, 0.717) is 10.8 Å². The molecule has 0 spiro atoms. The Balaban J connectivity index is 1.49. The normalized spacial score (nSPS) is 11.6. The van der Waals surface area contributed by atoms with Crippen LogP contribution in [0.2, 0.25) is 0 Å². The number of para-hydroxylation sites is 1. The lowest BCUT2D eigenvalue weighted by Gasteiger charge is -2.18. The predicted molar refractivity (Wildman–Crippen MR) is 200 cm³/mol. The Hall–Kier alpha value is -6.19. The van der Waals surface area contributed by atoms with Crippen LogP contribution < -0.4 is 5.43 Å². The maximum atomic E-state index is 14.7. The molecule has 8 rings (SSSR count). The minimum absolute atomic E-state index is 0.0129. The second-order valence-corrected chi connectivity index (χ2v) is 11.7. The van der Waals surface area contributed by atoms with Crippen molar-refractivity contribution < 1.29 is 0 Å². The van der Waals surface area contributed by atoms with E-state index in [2.05, 4.69) is 131 Å². The van der Waals surface area contributed by atoms with E-state index in [4.69, 9.17) is 0 Å². The van der Waals surface area contributed by atoms with Crippen LogP contribution in [0.1, 0.15) is 18.2 Å². The highest BCUT2D eigenvalue weighted by molar-refractivity contribution is 6.13. The van der Waals surface area contributed by atoms with Gasteiger partial charge in [0.25, 0.3) is 0 Å². The van der Waals surface area contributed by atoms with Crippen molar-refractivity contribution in [2.75, 3.05) is 0 Å². The van der Waals surface area contributed by atoms with Crippen LogP contribution in [-0.2, 0) is 0 Å². The maximum absolute atomic E-state index is 14.7. The van der Waals surface area contributed by atoms with Gasteiger partial charge in [0.1, 0.15) is 0 Å². The Morgan fingerprint density at radius 1 is 0.553 bits per heavy atom. The summed E-state index contributed by atoms with van der Waals surface area (Å²) in [5.41, 5.74) is 11.1. The number of aromatic nitrogens is 2. The summed E-state index contributed by atoms with van der Waals surface area (Å²) in [6.45, 7) is 6.23. The number of rotatable bonds is 6. The molecule has 8 aromatic rings. The van der Waals surface area contributed by atoms with E-state index in [1.165, 1.54) is 0 Å². The molecule has 0 aliphatic rings. The largest absolute Gasteiger partial charge is 0.309 e. The highest BCUT2D eigenvalue weighted by Crippen LogP contribution is 2.38. The SMILES string of the molecule is C=Cc1c(/C=C\C)n(-c2ccc(-c3ccccc3)cc2)c2c1ccc1c2c(=O)c2ccccc2n1-c1cccc(-c2ccccc2)c1. The molecule has 0 saturated carbocycles. The van der Waals surface area contributed by atoms with Gasteiger partial charge in [-0.25, -0.2) is 0 Å². The zero-order valence-corrected chi connectivity index (χ0v) is 26.1. The smallest absolute Gasteiger partial charge is 0.199 e. The van der Waals surface area contributed by atoms with Crippen molar-refractivity contribution >= 4 is 44.9 Å². The quantitative estimate of drug-likeness (QED) is 0.173. The van der Waals surface area contributed by atoms with Crippen LogP contribution in [0.25, 0.3) is 78.5 Å².